The molecule has 6 nitrogen and oxygen atoms in total. The Morgan fingerprint density at radius 2 is 2.04 bits per heavy atom. The first kappa shape index (κ1) is 18.8. The van der Waals surface area contributed by atoms with Crippen LogP contribution in [0.2, 0.25) is 0 Å². The third-order valence-corrected chi connectivity index (χ3v) is 6.18. The molecule has 0 aliphatic heterocycles. The summed E-state index contributed by atoms with van der Waals surface area (Å²) in [4.78, 5) is 5.70. The topological polar surface area (TPSA) is 66.0 Å². The summed E-state index contributed by atoms with van der Waals surface area (Å²) in [5.74, 6) is 3.77. The van der Waals surface area contributed by atoms with Crippen LogP contribution in [0.4, 0.5) is 0 Å². The summed E-state index contributed by atoms with van der Waals surface area (Å²) >= 11 is 3.23. The smallest absolute Gasteiger partial charge is 0.236 e. The average Bonchev–Trinajstić information content (AvgIpc) is 3.46. The van der Waals surface area contributed by atoms with Gasteiger partial charge in [-0.25, -0.2) is 4.98 Å². The van der Waals surface area contributed by atoms with Gasteiger partial charge in [-0.15, -0.1) is 21.5 Å². The Balaban J connectivity index is 1.57. The predicted octanol–water partition coefficient (Wildman–Crippen LogP) is 5.29. The monoisotopic (exact) mass is 412 g/mol. The molecule has 0 bridgehead atoms. The van der Waals surface area contributed by atoms with E-state index in [0.717, 1.165) is 45.2 Å². The molecule has 1 aromatic carbocycles. The lowest BCUT2D eigenvalue weighted by molar-refractivity contribution is 0.416. The van der Waals surface area contributed by atoms with E-state index in [1.807, 2.05) is 48.7 Å². The van der Waals surface area contributed by atoms with Gasteiger partial charge in [0.2, 0.25) is 5.89 Å². The molecule has 0 saturated carbocycles. The fraction of sp³-hybridized carbons (Fsp3) is 0.250. The first-order valence-corrected chi connectivity index (χ1v) is 10.8. The molecule has 0 radical (unpaired) electrons. The number of hydrogen-bond acceptors (Lipinski definition) is 7. The minimum absolute atomic E-state index is 0.671. The van der Waals surface area contributed by atoms with Crippen molar-refractivity contribution in [1.29, 1.82) is 0 Å². The van der Waals surface area contributed by atoms with Gasteiger partial charge in [-0.2, -0.15) is 0 Å². The summed E-state index contributed by atoms with van der Waals surface area (Å²) in [7, 11) is 1.67. The van der Waals surface area contributed by atoms with Crippen LogP contribution in [-0.4, -0.2) is 26.9 Å². The Labute approximate surface area is 171 Å². The number of ether oxygens (including phenoxy) is 1. The largest absolute Gasteiger partial charge is 0.496 e. The number of nitrogens with zero attached hydrogens (tertiary/aromatic N) is 4. The van der Waals surface area contributed by atoms with Crippen LogP contribution in [0.5, 0.6) is 5.75 Å². The molecule has 0 saturated heterocycles. The molecule has 8 heteroatoms. The number of methoxy groups -OCH3 is 1. The highest BCUT2D eigenvalue weighted by Crippen LogP contribution is 2.33. The van der Waals surface area contributed by atoms with Gasteiger partial charge in [0.05, 0.1) is 23.2 Å². The molecule has 0 aliphatic carbocycles. The van der Waals surface area contributed by atoms with Crippen LogP contribution in [0.3, 0.4) is 0 Å². The number of aromatic nitrogens is 4. The van der Waals surface area contributed by atoms with Crippen molar-refractivity contribution in [2.24, 2.45) is 0 Å². The summed E-state index contributed by atoms with van der Waals surface area (Å²) in [6.07, 6.45) is 0. The number of thioether (sulfide) groups is 1. The lowest BCUT2D eigenvalue weighted by atomic mass is 10.2. The Morgan fingerprint density at radius 3 is 2.79 bits per heavy atom. The van der Waals surface area contributed by atoms with Gasteiger partial charge >= 0.3 is 0 Å². The number of thiophene rings is 1. The van der Waals surface area contributed by atoms with E-state index >= 15 is 0 Å². The standard InChI is InChI=1S/C20H20N4O2S2/c1-4-24-18(14-8-5-6-9-16(14)25-3)22-23-20(24)28-12-15-13(2)26-19(21-15)17-10-7-11-27-17/h5-11H,4,12H2,1-3H3. The van der Waals surface area contributed by atoms with Crippen molar-refractivity contribution in [3.8, 4) is 27.9 Å². The van der Waals surface area contributed by atoms with Crippen LogP contribution in [0.25, 0.3) is 22.2 Å². The lowest BCUT2D eigenvalue weighted by Gasteiger charge is -2.10. The number of para-hydroxylation sites is 1. The summed E-state index contributed by atoms with van der Waals surface area (Å²) < 4.78 is 13.4. The Kier molecular flexibility index (Phi) is 5.50. The van der Waals surface area contributed by atoms with Gasteiger partial charge in [0.25, 0.3) is 0 Å². The lowest BCUT2D eigenvalue weighted by Crippen LogP contribution is -2.01. The van der Waals surface area contributed by atoms with Crippen molar-refractivity contribution in [2.45, 2.75) is 31.3 Å². The van der Waals surface area contributed by atoms with E-state index in [9.17, 15) is 0 Å². The Hall–Kier alpha value is -2.58. The van der Waals surface area contributed by atoms with Crippen molar-refractivity contribution in [1.82, 2.24) is 19.7 Å². The van der Waals surface area contributed by atoms with Crippen LogP contribution < -0.4 is 4.74 Å². The molecule has 0 fully saturated rings. The van der Waals surface area contributed by atoms with E-state index in [1.54, 1.807) is 30.2 Å². The minimum Gasteiger partial charge on any atom is -0.496 e. The molecule has 28 heavy (non-hydrogen) atoms. The van der Waals surface area contributed by atoms with Crippen molar-refractivity contribution in [3.05, 3.63) is 53.2 Å². The fourth-order valence-corrected chi connectivity index (χ4v) is 4.56. The second-order valence-corrected chi connectivity index (χ2v) is 7.93. The van der Waals surface area contributed by atoms with Gasteiger partial charge in [-0.1, -0.05) is 30.0 Å². The summed E-state index contributed by atoms with van der Waals surface area (Å²) in [6.45, 7) is 4.80. The maximum Gasteiger partial charge on any atom is 0.236 e. The maximum absolute atomic E-state index is 5.84. The molecule has 144 valence electrons. The van der Waals surface area contributed by atoms with Crippen LogP contribution in [0.1, 0.15) is 18.4 Å². The molecular weight excluding hydrogens is 392 g/mol. The first-order valence-electron chi connectivity index (χ1n) is 8.90. The number of hydrogen-bond donors (Lipinski definition) is 0. The van der Waals surface area contributed by atoms with Crippen LogP contribution in [0, 0.1) is 6.92 Å². The van der Waals surface area contributed by atoms with E-state index in [-0.39, 0.29) is 0 Å². The van der Waals surface area contributed by atoms with Crippen LogP contribution in [-0.2, 0) is 12.3 Å². The SMILES string of the molecule is CCn1c(SCc2nc(-c3cccs3)oc2C)nnc1-c1ccccc1OC. The van der Waals surface area contributed by atoms with Gasteiger partial charge in [0.1, 0.15) is 11.5 Å². The maximum atomic E-state index is 5.84. The van der Waals surface area contributed by atoms with Crippen molar-refractivity contribution < 1.29 is 9.15 Å². The third-order valence-electron chi connectivity index (χ3n) is 4.34. The molecule has 4 aromatic rings. The Morgan fingerprint density at radius 1 is 1.18 bits per heavy atom. The molecule has 3 heterocycles. The minimum atomic E-state index is 0.671. The molecule has 0 spiro atoms. The number of oxazole rings is 1. The molecule has 0 unspecified atom stereocenters. The van der Waals surface area contributed by atoms with Gasteiger partial charge in [-0.05, 0) is 37.4 Å². The zero-order valence-electron chi connectivity index (χ0n) is 15.9. The fourth-order valence-electron chi connectivity index (χ4n) is 2.91. The second-order valence-electron chi connectivity index (χ2n) is 6.04. The second kappa shape index (κ2) is 8.20. The van der Waals surface area contributed by atoms with Crippen LogP contribution >= 0.6 is 23.1 Å². The van der Waals surface area contributed by atoms with Crippen molar-refractivity contribution in [3.63, 3.8) is 0 Å². The van der Waals surface area contributed by atoms with Gasteiger partial charge in [-0.3, -0.25) is 0 Å². The molecular formula is C20H20N4O2S2. The van der Waals surface area contributed by atoms with Crippen molar-refractivity contribution >= 4 is 23.1 Å². The van der Waals surface area contributed by atoms with Gasteiger partial charge in [0.15, 0.2) is 11.0 Å². The quantitative estimate of drug-likeness (QED) is 0.384. The third kappa shape index (κ3) is 3.57. The highest BCUT2D eigenvalue weighted by Gasteiger charge is 2.18. The Bertz CT molecular complexity index is 1070. The zero-order valence-corrected chi connectivity index (χ0v) is 17.5. The van der Waals surface area contributed by atoms with Gasteiger partial charge < -0.3 is 13.7 Å². The molecule has 0 aliphatic rings. The number of benzene rings is 1. The highest BCUT2D eigenvalue weighted by atomic mass is 32.2. The molecule has 0 amide bonds. The highest BCUT2D eigenvalue weighted by molar-refractivity contribution is 7.98. The normalized spacial score (nSPS) is 11.1. The summed E-state index contributed by atoms with van der Waals surface area (Å²) in [5.41, 5.74) is 1.86. The number of aryl methyl sites for hydroxylation is 1. The van der Waals surface area contributed by atoms with E-state index in [1.165, 1.54) is 0 Å². The van der Waals surface area contributed by atoms with E-state index in [4.69, 9.17) is 9.15 Å². The predicted molar refractivity (Wildman–Crippen MR) is 112 cm³/mol. The average molecular weight is 413 g/mol. The summed E-state index contributed by atoms with van der Waals surface area (Å²) in [6, 6.07) is 11.9. The van der Waals surface area contributed by atoms with E-state index in [2.05, 4.69) is 26.7 Å². The molecule has 3 aromatic heterocycles. The van der Waals surface area contributed by atoms with E-state index in [0.29, 0.717) is 11.6 Å². The number of rotatable bonds is 7. The molecule has 0 atom stereocenters. The van der Waals surface area contributed by atoms with Gasteiger partial charge in [0, 0.05) is 12.3 Å². The zero-order chi connectivity index (χ0) is 19.5. The van der Waals surface area contributed by atoms with Crippen molar-refractivity contribution in [2.75, 3.05) is 7.11 Å². The van der Waals surface area contributed by atoms with Crippen LogP contribution in [0.15, 0.2) is 51.4 Å². The summed E-state index contributed by atoms with van der Waals surface area (Å²) in [5, 5.41) is 11.7. The molecule has 0 N–H and O–H groups in total. The first-order chi connectivity index (χ1) is 13.7. The molecule has 4 rings (SSSR count). The van der Waals surface area contributed by atoms with E-state index < -0.39 is 0 Å².